The molecule has 1 N–H and O–H groups in total. The van der Waals surface area contributed by atoms with Gasteiger partial charge in [-0.25, -0.2) is 9.97 Å². The SMILES string of the molecule is O=C(Cn1c(=O)cnc2ccccc21)Nc1ccccn1. The first-order valence-electron chi connectivity index (χ1n) is 6.39. The highest BCUT2D eigenvalue weighted by molar-refractivity contribution is 5.90. The molecule has 1 amide bonds. The van der Waals surface area contributed by atoms with Gasteiger partial charge in [0.15, 0.2) is 0 Å². The van der Waals surface area contributed by atoms with Gasteiger partial charge in [0.05, 0.1) is 17.2 Å². The van der Waals surface area contributed by atoms with Crippen LogP contribution in [0.3, 0.4) is 0 Å². The summed E-state index contributed by atoms with van der Waals surface area (Å²) >= 11 is 0. The predicted molar refractivity (Wildman–Crippen MR) is 78.9 cm³/mol. The van der Waals surface area contributed by atoms with Crippen molar-refractivity contribution in [3.8, 4) is 0 Å². The lowest BCUT2D eigenvalue weighted by Crippen LogP contribution is -2.28. The van der Waals surface area contributed by atoms with E-state index in [1.807, 2.05) is 6.07 Å². The molecule has 0 aliphatic heterocycles. The minimum atomic E-state index is -0.315. The number of para-hydroxylation sites is 2. The number of carbonyl (C=O) groups excluding carboxylic acids is 1. The molecule has 0 fully saturated rings. The summed E-state index contributed by atoms with van der Waals surface area (Å²) in [6.45, 7) is -0.0849. The molecular formula is C15H12N4O2. The molecule has 0 spiro atoms. The van der Waals surface area contributed by atoms with Crippen molar-refractivity contribution in [2.75, 3.05) is 5.32 Å². The molecule has 0 atom stereocenters. The van der Waals surface area contributed by atoms with E-state index in [1.165, 1.54) is 10.8 Å². The highest BCUT2D eigenvalue weighted by Gasteiger charge is 2.09. The van der Waals surface area contributed by atoms with E-state index in [-0.39, 0.29) is 18.0 Å². The molecule has 0 saturated carbocycles. The maximum absolute atomic E-state index is 12.0. The molecule has 0 bridgehead atoms. The molecule has 6 nitrogen and oxygen atoms in total. The number of hydrogen-bond acceptors (Lipinski definition) is 4. The van der Waals surface area contributed by atoms with E-state index in [2.05, 4.69) is 15.3 Å². The number of hydrogen-bond donors (Lipinski definition) is 1. The number of carbonyl (C=O) groups is 1. The first kappa shape index (κ1) is 13.0. The molecule has 2 heterocycles. The van der Waals surface area contributed by atoms with Gasteiger partial charge in [0, 0.05) is 6.20 Å². The Hall–Kier alpha value is -3.02. The van der Waals surface area contributed by atoms with Gasteiger partial charge in [-0.15, -0.1) is 0 Å². The summed E-state index contributed by atoms with van der Waals surface area (Å²) in [7, 11) is 0. The fourth-order valence-corrected chi connectivity index (χ4v) is 2.04. The van der Waals surface area contributed by atoms with Crippen LogP contribution < -0.4 is 10.9 Å². The van der Waals surface area contributed by atoms with Crippen LogP contribution in [0, 0.1) is 0 Å². The van der Waals surface area contributed by atoms with Crippen molar-refractivity contribution < 1.29 is 4.79 Å². The Morgan fingerprint density at radius 1 is 1.10 bits per heavy atom. The Labute approximate surface area is 120 Å². The van der Waals surface area contributed by atoms with Gasteiger partial charge in [0.1, 0.15) is 12.4 Å². The molecule has 0 aliphatic carbocycles. The van der Waals surface area contributed by atoms with Gasteiger partial charge in [-0.1, -0.05) is 18.2 Å². The zero-order chi connectivity index (χ0) is 14.7. The zero-order valence-corrected chi connectivity index (χ0v) is 11.1. The molecule has 6 heteroatoms. The number of nitrogens with zero attached hydrogens (tertiary/aromatic N) is 3. The van der Waals surface area contributed by atoms with Gasteiger partial charge in [-0.2, -0.15) is 0 Å². The third-order valence-corrected chi connectivity index (χ3v) is 2.99. The lowest BCUT2D eigenvalue weighted by Gasteiger charge is -2.09. The molecule has 0 saturated heterocycles. The first-order chi connectivity index (χ1) is 10.2. The third kappa shape index (κ3) is 2.79. The highest BCUT2D eigenvalue weighted by Crippen LogP contribution is 2.08. The average molecular weight is 280 g/mol. The lowest BCUT2D eigenvalue weighted by atomic mass is 10.3. The van der Waals surface area contributed by atoms with Gasteiger partial charge < -0.3 is 5.32 Å². The number of amides is 1. The van der Waals surface area contributed by atoms with Gasteiger partial charge in [0.2, 0.25) is 5.91 Å². The molecule has 104 valence electrons. The molecule has 2 aromatic heterocycles. The summed E-state index contributed by atoms with van der Waals surface area (Å²) in [5.41, 5.74) is 0.980. The number of aromatic nitrogens is 3. The molecular weight excluding hydrogens is 268 g/mol. The number of pyridine rings is 1. The smallest absolute Gasteiger partial charge is 0.269 e. The van der Waals surface area contributed by atoms with Crippen LogP contribution >= 0.6 is 0 Å². The predicted octanol–water partition coefficient (Wildman–Crippen LogP) is 1.43. The van der Waals surface area contributed by atoms with Crippen LogP contribution in [0.4, 0.5) is 5.82 Å². The minimum absolute atomic E-state index is 0.0849. The van der Waals surface area contributed by atoms with Gasteiger partial charge in [-0.3, -0.25) is 14.2 Å². The Morgan fingerprint density at radius 3 is 2.71 bits per heavy atom. The van der Waals surface area contributed by atoms with Crippen molar-refractivity contribution in [2.45, 2.75) is 6.54 Å². The second-order valence-electron chi connectivity index (χ2n) is 4.43. The van der Waals surface area contributed by atoms with Crippen molar-refractivity contribution in [3.63, 3.8) is 0 Å². The van der Waals surface area contributed by atoms with E-state index in [1.54, 1.807) is 42.6 Å². The maximum Gasteiger partial charge on any atom is 0.269 e. The maximum atomic E-state index is 12.0. The third-order valence-electron chi connectivity index (χ3n) is 2.99. The summed E-state index contributed by atoms with van der Waals surface area (Å²) in [6, 6.07) is 12.4. The van der Waals surface area contributed by atoms with E-state index in [4.69, 9.17) is 0 Å². The Bertz CT molecular complexity index is 843. The fourth-order valence-electron chi connectivity index (χ4n) is 2.04. The van der Waals surface area contributed by atoms with E-state index in [0.29, 0.717) is 16.9 Å². The summed E-state index contributed by atoms with van der Waals surface area (Å²) in [5, 5.41) is 2.65. The summed E-state index contributed by atoms with van der Waals surface area (Å²) in [6.07, 6.45) is 2.81. The number of nitrogens with one attached hydrogen (secondary N) is 1. The lowest BCUT2D eigenvalue weighted by molar-refractivity contribution is -0.116. The summed E-state index contributed by atoms with van der Waals surface area (Å²) in [4.78, 5) is 32.0. The Balaban J connectivity index is 1.89. The van der Waals surface area contributed by atoms with E-state index in [0.717, 1.165) is 0 Å². The van der Waals surface area contributed by atoms with Crippen LogP contribution in [0.1, 0.15) is 0 Å². The second-order valence-corrected chi connectivity index (χ2v) is 4.43. The van der Waals surface area contributed by atoms with E-state index >= 15 is 0 Å². The van der Waals surface area contributed by atoms with Crippen molar-refractivity contribution in [2.24, 2.45) is 0 Å². The normalized spacial score (nSPS) is 10.5. The van der Waals surface area contributed by atoms with Crippen LogP contribution in [0.5, 0.6) is 0 Å². The number of anilines is 1. The monoisotopic (exact) mass is 280 g/mol. The minimum Gasteiger partial charge on any atom is -0.309 e. The fraction of sp³-hybridized carbons (Fsp3) is 0.0667. The standard InChI is InChI=1S/C15H12N4O2/c20-14(18-13-7-3-4-8-16-13)10-19-12-6-2-1-5-11(12)17-9-15(19)21/h1-9H,10H2,(H,16,18,20). The molecule has 1 aromatic carbocycles. The average Bonchev–Trinajstić information content (AvgIpc) is 2.51. The molecule has 3 aromatic rings. The summed E-state index contributed by atoms with van der Waals surface area (Å²) in [5.74, 6) is 0.140. The van der Waals surface area contributed by atoms with Crippen LogP contribution in [0.25, 0.3) is 11.0 Å². The van der Waals surface area contributed by atoms with Crippen molar-refractivity contribution >= 4 is 22.8 Å². The zero-order valence-electron chi connectivity index (χ0n) is 11.1. The number of rotatable bonds is 3. The highest BCUT2D eigenvalue weighted by atomic mass is 16.2. The van der Waals surface area contributed by atoms with Crippen LogP contribution in [0.2, 0.25) is 0 Å². The second kappa shape index (κ2) is 5.54. The summed E-state index contributed by atoms with van der Waals surface area (Å²) < 4.78 is 1.39. The molecule has 0 radical (unpaired) electrons. The topological polar surface area (TPSA) is 76.9 Å². The van der Waals surface area contributed by atoms with Crippen molar-refractivity contribution in [3.05, 3.63) is 65.2 Å². The van der Waals surface area contributed by atoms with Gasteiger partial charge in [-0.05, 0) is 24.3 Å². The quantitative estimate of drug-likeness (QED) is 0.787. The Kier molecular flexibility index (Phi) is 3.42. The first-order valence-corrected chi connectivity index (χ1v) is 6.39. The van der Waals surface area contributed by atoms with E-state index < -0.39 is 0 Å². The number of benzene rings is 1. The van der Waals surface area contributed by atoms with Crippen molar-refractivity contribution in [1.29, 1.82) is 0 Å². The van der Waals surface area contributed by atoms with Crippen molar-refractivity contribution in [1.82, 2.24) is 14.5 Å². The molecule has 3 rings (SSSR count). The number of fused-ring (bicyclic) bond motifs is 1. The molecule has 0 unspecified atom stereocenters. The Morgan fingerprint density at radius 2 is 1.90 bits per heavy atom. The molecule has 21 heavy (non-hydrogen) atoms. The molecule has 0 aliphatic rings. The van der Waals surface area contributed by atoms with Crippen LogP contribution in [-0.2, 0) is 11.3 Å². The van der Waals surface area contributed by atoms with Crippen LogP contribution in [-0.4, -0.2) is 20.4 Å². The van der Waals surface area contributed by atoms with Gasteiger partial charge >= 0.3 is 0 Å². The van der Waals surface area contributed by atoms with E-state index in [9.17, 15) is 9.59 Å². The van der Waals surface area contributed by atoms with Crippen LogP contribution in [0.15, 0.2) is 59.7 Å². The van der Waals surface area contributed by atoms with Gasteiger partial charge in [0.25, 0.3) is 5.56 Å². The largest absolute Gasteiger partial charge is 0.309 e.